The zero-order valence-corrected chi connectivity index (χ0v) is 22.5. The van der Waals surface area contributed by atoms with Crippen LogP contribution in [0.1, 0.15) is 67.2 Å². The lowest BCUT2D eigenvalue weighted by Crippen LogP contribution is -2.32. The van der Waals surface area contributed by atoms with Crippen LogP contribution in [0.3, 0.4) is 0 Å². The Balaban J connectivity index is 0.00000294. The largest absolute Gasteiger partial charge is 0.438 e. The molecule has 1 aliphatic rings. The number of aromatic nitrogens is 2. The van der Waals surface area contributed by atoms with Gasteiger partial charge >= 0.3 is 6.18 Å². The van der Waals surface area contributed by atoms with Gasteiger partial charge in [0, 0.05) is 14.5 Å². The minimum absolute atomic E-state index is 0. The summed E-state index contributed by atoms with van der Waals surface area (Å²) in [4.78, 5) is 21.5. The number of carbonyl (C=O) groups excluding carboxylic acids is 1. The number of alkyl halides is 3. The normalized spacial score (nSPS) is 18.0. The highest BCUT2D eigenvalue weighted by molar-refractivity contribution is 7.90. The van der Waals surface area contributed by atoms with E-state index in [-0.39, 0.29) is 51.7 Å². The van der Waals surface area contributed by atoms with Gasteiger partial charge in [0.05, 0.1) is 5.92 Å². The van der Waals surface area contributed by atoms with Gasteiger partial charge in [-0.3, -0.25) is 4.79 Å². The van der Waals surface area contributed by atoms with Crippen molar-refractivity contribution in [2.75, 3.05) is 5.73 Å². The highest BCUT2D eigenvalue weighted by Gasteiger charge is 2.42. The van der Waals surface area contributed by atoms with Crippen LogP contribution < -0.4 is 15.2 Å². The van der Waals surface area contributed by atoms with Gasteiger partial charge in [0.15, 0.2) is 5.03 Å². The number of benzene rings is 1. The molecule has 1 fully saturated rings. The molecule has 0 atom stereocenters. The molecule has 1 amide bonds. The second-order valence-electron chi connectivity index (χ2n) is 9.84. The predicted molar refractivity (Wildman–Crippen MR) is 143 cm³/mol. The molecule has 0 unspecified atom stereocenters. The number of nitrogens with one attached hydrogen (secondary N) is 1. The van der Waals surface area contributed by atoms with E-state index in [1.165, 1.54) is 30.3 Å². The van der Waals surface area contributed by atoms with Crippen LogP contribution in [-0.4, -0.2) is 30.5 Å². The number of aryl methyl sites for hydroxylation is 3. The fourth-order valence-corrected chi connectivity index (χ4v) is 5.83. The van der Waals surface area contributed by atoms with Gasteiger partial charge in [0.2, 0.25) is 5.88 Å². The first-order chi connectivity index (χ1) is 18.2. The molecular formula is C27H33F3N4O4S. The fraction of sp³-hybridized carbons (Fsp3) is 0.370. The molecule has 4 rings (SSSR count). The number of nitrogens with zero attached hydrogens (tertiary/aromatic N) is 2. The number of carbonyl (C=O) groups is 1. The van der Waals surface area contributed by atoms with Crippen LogP contribution in [0.5, 0.6) is 11.6 Å². The molecule has 39 heavy (non-hydrogen) atoms. The summed E-state index contributed by atoms with van der Waals surface area (Å²) in [5.41, 5.74) is 8.45. The van der Waals surface area contributed by atoms with Crippen LogP contribution in [0.2, 0.25) is 0 Å². The molecule has 2 heterocycles. The molecule has 212 valence electrons. The molecule has 3 aromatic rings. The molecule has 1 aliphatic carbocycles. The van der Waals surface area contributed by atoms with Crippen molar-refractivity contribution < 1.29 is 34.0 Å². The molecule has 0 bridgehead atoms. The van der Waals surface area contributed by atoms with E-state index in [2.05, 4.69) is 9.97 Å². The van der Waals surface area contributed by atoms with E-state index >= 15 is 0 Å². The Kier molecular flexibility index (Phi) is 7.87. The molecule has 1 saturated carbocycles. The second kappa shape index (κ2) is 10.8. The number of pyridine rings is 2. The highest BCUT2D eigenvalue weighted by Crippen LogP contribution is 2.43. The number of rotatable bonds is 6. The first-order valence-corrected chi connectivity index (χ1v) is 13.9. The quantitative estimate of drug-likeness (QED) is 0.363. The lowest BCUT2D eigenvalue weighted by Gasteiger charge is -2.29. The Bertz CT molecular complexity index is 1490. The van der Waals surface area contributed by atoms with Gasteiger partial charge in [-0.05, 0) is 81.8 Å². The summed E-state index contributed by atoms with van der Waals surface area (Å²) in [5.74, 6) is -2.35. The van der Waals surface area contributed by atoms with Crippen LogP contribution >= 0.6 is 0 Å². The van der Waals surface area contributed by atoms with Crippen molar-refractivity contribution in [1.82, 2.24) is 14.7 Å². The molecule has 8 nitrogen and oxygen atoms in total. The summed E-state index contributed by atoms with van der Waals surface area (Å²) in [6.07, 6.45) is -3.72. The van der Waals surface area contributed by atoms with Gasteiger partial charge in [0.1, 0.15) is 17.1 Å². The minimum Gasteiger partial charge on any atom is -0.438 e. The van der Waals surface area contributed by atoms with Crippen LogP contribution in [0.15, 0.2) is 47.5 Å². The van der Waals surface area contributed by atoms with E-state index in [1.54, 1.807) is 0 Å². The van der Waals surface area contributed by atoms with E-state index < -0.39 is 33.1 Å². The van der Waals surface area contributed by atoms with E-state index in [9.17, 15) is 26.4 Å². The Labute approximate surface area is 227 Å². The zero-order chi connectivity index (χ0) is 28.5. The Morgan fingerprint density at radius 1 is 1.03 bits per heavy atom. The van der Waals surface area contributed by atoms with Crippen molar-refractivity contribution in [3.63, 3.8) is 0 Å². The summed E-state index contributed by atoms with van der Waals surface area (Å²) >= 11 is 0. The van der Waals surface area contributed by atoms with Crippen LogP contribution in [0.4, 0.5) is 19.0 Å². The number of anilines is 1. The molecule has 12 heteroatoms. The van der Waals surface area contributed by atoms with Crippen molar-refractivity contribution in [1.29, 1.82) is 0 Å². The second-order valence-corrected chi connectivity index (χ2v) is 11.5. The lowest BCUT2D eigenvalue weighted by molar-refractivity contribution is -0.182. The number of nitrogens with two attached hydrogens (primary N) is 1. The Hall–Kier alpha value is -3.67. The Morgan fingerprint density at radius 3 is 2.26 bits per heavy atom. The molecule has 0 saturated heterocycles. The molecule has 2 aromatic heterocycles. The third kappa shape index (κ3) is 6.49. The van der Waals surface area contributed by atoms with Crippen molar-refractivity contribution in [3.05, 3.63) is 70.4 Å². The highest BCUT2D eigenvalue weighted by atomic mass is 32.2. The smallest absolute Gasteiger partial charge is 0.391 e. The number of sulfonamides is 1. The number of nitrogen functional groups attached to an aromatic ring is 1. The summed E-state index contributed by atoms with van der Waals surface area (Å²) < 4.78 is 73.2. The third-order valence-electron chi connectivity index (χ3n) is 6.79. The van der Waals surface area contributed by atoms with E-state index in [0.717, 1.165) is 16.7 Å². The molecule has 0 aliphatic heterocycles. The minimum atomic E-state index is -4.37. The van der Waals surface area contributed by atoms with Crippen molar-refractivity contribution in [2.45, 2.75) is 63.6 Å². The van der Waals surface area contributed by atoms with Gasteiger partial charge in [-0.25, -0.2) is 14.7 Å². The van der Waals surface area contributed by atoms with Crippen LogP contribution in [-0.2, 0) is 10.0 Å². The maximum absolute atomic E-state index is 13.2. The van der Waals surface area contributed by atoms with Crippen molar-refractivity contribution in [2.24, 2.45) is 5.92 Å². The molecule has 0 spiro atoms. The topological polar surface area (TPSA) is 124 Å². The number of halogens is 3. The summed E-state index contributed by atoms with van der Waals surface area (Å²) in [6, 6.07) is 10.7. The number of amides is 1. The van der Waals surface area contributed by atoms with E-state index in [0.29, 0.717) is 11.4 Å². The lowest BCUT2D eigenvalue weighted by atomic mass is 9.80. The molecule has 3 N–H and O–H groups in total. The van der Waals surface area contributed by atoms with E-state index in [4.69, 9.17) is 10.5 Å². The third-order valence-corrected chi connectivity index (χ3v) is 8.02. The van der Waals surface area contributed by atoms with Gasteiger partial charge in [-0.2, -0.15) is 21.6 Å². The number of ether oxygens (including phenoxy) is 1. The fourth-order valence-electron chi connectivity index (χ4n) is 4.88. The van der Waals surface area contributed by atoms with Crippen LogP contribution in [0, 0.1) is 26.7 Å². The average molecular weight is 567 g/mol. The maximum Gasteiger partial charge on any atom is 0.391 e. The van der Waals surface area contributed by atoms with E-state index in [1.807, 2.05) is 37.6 Å². The summed E-state index contributed by atoms with van der Waals surface area (Å²) in [6.45, 7) is 5.58. The summed E-state index contributed by atoms with van der Waals surface area (Å²) in [7, 11) is -4.37. The van der Waals surface area contributed by atoms with Gasteiger partial charge in [0.25, 0.3) is 15.9 Å². The standard InChI is InChI=1S/C27H29F3N4O4S.2H2/c1-15-13-16(2)24(17(3)14-15)38-26-20(25(35)34-39(36,37)23-6-4-5-22(31)33-23)11-12-21(32-26)18-7-9-19(10-8-18)27(28,29)30;;/h4-6,11-14,18-19H,7-10H2,1-3H3,(H2,31,33)(H,34,35);2*1H. The Morgan fingerprint density at radius 2 is 1.67 bits per heavy atom. The van der Waals surface area contributed by atoms with Crippen LogP contribution in [0.25, 0.3) is 0 Å². The predicted octanol–water partition coefficient (Wildman–Crippen LogP) is 6.22. The van der Waals surface area contributed by atoms with Crippen molar-refractivity contribution in [3.8, 4) is 11.6 Å². The zero-order valence-electron chi connectivity index (χ0n) is 21.7. The SMILES string of the molecule is Cc1cc(C)c(Oc2nc(C3CCC(C(F)(F)F)CC3)ccc2C(=O)NS(=O)(=O)c2cccc(N)n2)c(C)c1.[HH].[HH]. The molecular weight excluding hydrogens is 533 g/mol. The van der Waals surface area contributed by atoms with Gasteiger partial charge in [-0.15, -0.1) is 0 Å². The molecule has 0 radical (unpaired) electrons. The van der Waals surface area contributed by atoms with Gasteiger partial charge < -0.3 is 10.5 Å². The first-order valence-electron chi connectivity index (χ1n) is 12.4. The molecule has 1 aromatic carbocycles. The average Bonchev–Trinajstić information content (AvgIpc) is 2.85. The number of hydrogen-bond acceptors (Lipinski definition) is 7. The summed E-state index contributed by atoms with van der Waals surface area (Å²) in [5, 5.41) is -0.436. The van der Waals surface area contributed by atoms with Crippen molar-refractivity contribution >= 4 is 21.7 Å². The first kappa shape index (κ1) is 28.3. The maximum atomic E-state index is 13.2. The van der Waals surface area contributed by atoms with Gasteiger partial charge in [-0.1, -0.05) is 23.8 Å². The number of hydrogen-bond donors (Lipinski definition) is 2. The monoisotopic (exact) mass is 566 g/mol.